The number of rotatable bonds is 1. The molecule has 12 heavy (non-hydrogen) atoms. The Morgan fingerprint density at radius 2 is 2.25 bits per heavy atom. The Morgan fingerprint density at radius 3 is 3.00 bits per heavy atom. The second-order valence-corrected chi connectivity index (χ2v) is 3.70. The van der Waals surface area contributed by atoms with Gasteiger partial charge in [-0.2, -0.15) is 0 Å². The first kappa shape index (κ1) is 7.91. The largest absolute Gasteiger partial charge is 0.495 e. The molecule has 0 unspecified atom stereocenters. The number of aromatic nitrogens is 1. The molecule has 0 amide bonds. The number of hydrogen-bond donors (Lipinski definition) is 1. The fourth-order valence-electron chi connectivity index (χ4n) is 1.26. The summed E-state index contributed by atoms with van der Waals surface area (Å²) in [6.07, 6.45) is 0. The van der Waals surface area contributed by atoms with Crippen LogP contribution in [0, 0.1) is 3.70 Å². The molecular weight excluding hydrogens is 265 g/mol. The molecule has 0 atom stereocenters. The van der Waals surface area contributed by atoms with Crippen molar-refractivity contribution < 1.29 is 4.74 Å². The van der Waals surface area contributed by atoms with Crippen molar-refractivity contribution in [3.8, 4) is 5.75 Å². The number of methoxy groups -OCH3 is 1. The molecule has 0 radical (unpaired) electrons. The predicted molar refractivity (Wildman–Crippen MR) is 57.6 cm³/mol. The lowest BCUT2D eigenvalue weighted by molar-refractivity contribution is 0.419. The highest BCUT2D eigenvalue weighted by Gasteiger charge is 2.02. The number of benzene rings is 1. The number of nitrogens with one attached hydrogen (secondary N) is 1. The van der Waals surface area contributed by atoms with Gasteiger partial charge in [-0.15, -0.1) is 0 Å². The quantitative estimate of drug-likeness (QED) is 0.794. The van der Waals surface area contributed by atoms with Crippen molar-refractivity contribution in [2.24, 2.45) is 0 Å². The van der Waals surface area contributed by atoms with Gasteiger partial charge in [0.2, 0.25) is 0 Å². The Kier molecular flexibility index (Phi) is 1.96. The fraction of sp³-hybridized carbons (Fsp3) is 0.111. The van der Waals surface area contributed by atoms with E-state index in [1.807, 2.05) is 12.1 Å². The van der Waals surface area contributed by atoms with E-state index in [0.717, 1.165) is 15.0 Å². The summed E-state index contributed by atoms with van der Waals surface area (Å²) >= 11 is 2.25. The van der Waals surface area contributed by atoms with E-state index in [9.17, 15) is 0 Å². The second kappa shape index (κ2) is 2.97. The zero-order valence-electron chi connectivity index (χ0n) is 6.60. The second-order valence-electron chi connectivity index (χ2n) is 2.54. The highest BCUT2D eigenvalue weighted by molar-refractivity contribution is 14.1. The van der Waals surface area contributed by atoms with E-state index in [0.29, 0.717) is 0 Å². The molecule has 0 bridgehead atoms. The summed E-state index contributed by atoms with van der Waals surface area (Å²) in [6.45, 7) is 0. The minimum Gasteiger partial charge on any atom is -0.495 e. The lowest BCUT2D eigenvalue weighted by Gasteiger charge is -1.99. The average Bonchev–Trinajstić information content (AvgIpc) is 2.44. The van der Waals surface area contributed by atoms with Gasteiger partial charge in [0.25, 0.3) is 0 Å². The molecule has 1 N–H and O–H groups in total. The van der Waals surface area contributed by atoms with Gasteiger partial charge in [-0.1, -0.05) is 12.1 Å². The fourth-order valence-corrected chi connectivity index (χ4v) is 1.87. The molecule has 0 aliphatic heterocycles. The zero-order chi connectivity index (χ0) is 8.55. The lowest BCUT2D eigenvalue weighted by Crippen LogP contribution is -1.83. The number of halogens is 1. The lowest BCUT2D eigenvalue weighted by atomic mass is 10.2. The number of fused-ring (bicyclic) bond motifs is 1. The van der Waals surface area contributed by atoms with Crippen LogP contribution in [-0.2, 0) is 0 Å². The zero-order valence-corrected chi connectivity index (χ0v) is 8.75. The van der Waals surface area contributed by atoms with Gasteiger partial charge in [0.15, 0.2) is 0 Å². The molecule has 62 valence electrons. The van der Waals surface area contributed by atoms with E-state index in [1.165, 1.54) is 5.39 Å². The summed E-state index contributed by atoms with van der Waals surface area (Å²) < 4.78 is 6.34. The maximum absolute atomic E-state index is 5.21. The Bertz CT molecular complexity index is 408. The van der Waals surface area contributed by atoms with E-state index < -0.39 is 0 Å². The van der Waals surface area contributed by atoms with Gasteiger partial charge in [0, 0.05) is 5.39 Å². The number of hydrogen-bond acceptors (Lipinski definition) is 1. The summed E-state index contributed by atoms with van der Waals surface area (Å²) in [5, 5.41) is 1.19. The van der Waals surface area contributed by atoms with Crippen molar-refractivity contribution in [3.05, 3.63) is 28.0 Å². The van der Waals surface area contributed by atoms with Gasteiger partial charge >= 0.3 is 0 Å². The summed E-state index contributed by atoms with van der Waals surface area (Å²) in [5.74, 6) is 0.899. The molecule has 0 spiro atoms. The van der Waals surface area contributed by atoms with Gasteiger partial charge in [-0.25, -0.2) is 0 Å². The van der Waals surface area contributed by atoms with Crippen LogP contribution < -0.4 is 4.74 Å². The minimum atomic E-state index is 0.899. The maximum atomic E-state index is 5.21. The van der Waals surface area contributed by atoms with Crippen LogP contribution in [0.2, 0.25) is 0 Å². The van der Waals surface area contributed by atoms with Crippen molar-refractivity contribution in [2.75, 3.05) is 7.11 Å². The van der Waals surface area contributed by atoms with E-state index in [4.69, 9.17) is 4.74 Å². The molecule has 1 aromatic heterocycles. The van der Waals surface area contributed by atoms with Gasteiger partial charge in [0.05, 0.1) is 16.3 Å². The molecule has 3 heteroatoms. The SMILES string of the molecule is COc1cccc2cc(I)[nH]c12. The first-order valence-corrected chi connectivity index (χ1v) is 4.70. The van der Waals surface area contributed by atoms with Crippen molar-refractivity contribution in [2.45, 2.75) is 0 Å². The summed E-state index contributed by atoms with van der Waals surface area (Å²) in [4.78, 5) is 3.24. The van der Waals surface area contributed by atoms with E-state index in [2.05, 4.69) is 39.7 Å². The molecule has 1 heterocycles. The van der Waals surface area contributed by atoms with Crippen molar-refractivity contribution in [3.63, 3.8) is 0 Å². The normalized spacial score (nSPS) is 10.5. The van der Waals surface area contributed by atoms with E-state index >= 15 is 0 Å². The van der Waals surface area contributed by atoms with Crippen molar-refractivity contribution >= 4 is 33.5 Å². The summed E-state index contributed by atoms with van der Waals surface area (Å²) in [6, 6.07) is 8.11. The molecule has 2 aromatic rings. The number of ether oxygens (including phenoxy) is 1. The van der Waals surface area contributed by atoms with Crippen LogP contribution in [0.15, 0.2) is 24.3 Å². The highest BCUT2D eigenvalue weighted by atomic mass is 127. The average molecular weight is 273 g/mol. The van der Waals surface area contributed by atoms with Crippen molar-refractivity contribution in [1.29, 1.82) is 0 Å². The van der Waals surface area contributed by atoms with Gasteiger partial charge in [-0.05, 0) is 34.7 Å². The van der Waals surface area contributed by atoms with Gasteiger partial charge < -0.3 is 9.72 Å². The Balaban J connectivity index is 2.78. The molecule has 2 rings (SSSR count). The van der Waals surface area contributed by atoms with Crippen LogP contribution in [-0.4, -0.2) is 12.1 Å². The minimum absolute atomic E-state index is 0.899. The topological polar surface area (TPSA) is 25.0 Å². The molecule has 0 saturated heterocycles. The Labute approximate surface area is 84.1 Å². The summed E-state index contributed by atoms with van der Waals surface area (Å²) in [5.41, 5.74) is 1.07. The van der Waals surface area contributed by atoms with Gasteiger partial charge in [-0.3, -0.25) is 0 Å². The molecule has 1 aromatic carbocycles. The highest BCUT2D eigenvalue weighted by Crippen LogP contribution is 2.25. The molecule has 0 saturated carbocycles. The maximum Gasteiger partial charge on any atom is 0.142 e. The van der Waals surface area contributed by atoms with Crippen LogP contribution >= 0.6 is 22.6 Å². The van der Waals surface area contributed by atoms with Crippen LogP contribution in [0.4, 0.5) is 0 Å². The molecule has 2 nitrogen and oxygen atoms in total. The van der Waals surface area contributed by atoms with Crippen LogP contribution in [0.3, 0.4) is 0 Å². The Hall–Kier alpha value is -0.710. The van der Waals surface area contributed by atoms with E-state index in [1.54, 1.807) is 7.11 Å². The van der Waals surface area contributed by atoms with Crippen LogP contribution in [0.25, 0.3) is 10.9 Å². The number of H-pyrrole nitrogens is 1. The molecular formula is C9H8INO. The molecule has 0 aliphatic rings. The summed E-state index contributed by atoms with van der Waals surface area (Å²) in [7, 11) is 1.68. The van der Waals surface area contributed by atoms with Gasteiger partial charge in [0.1, 0.15) is 5.75 Å². The first-order chi connectivity index (χ1) is 5.81. The third kappa shape index (κ3) is 1.18. The predicted octanol–water partition coefficient (Wildman–Crippen LogP) is 2.78. The number of aromatic amines is 1. The van der Waals surface area contributed by atoms with Crippen molar-refractivity contribution in [1.82, 2.24) is 4.98 Å². The molecule has 0 aliphatic carbocycles. The number of para-hydroxylation sites is 1. The first-order valence-electron chi connectivity index (χ1n) is 3.62. The van der Waals surface area contributed by atoms with Crippen LogP contribution in [0.1, 0.15) is 0 Å². The molecule has 0 fully saturated rings. The Morgan fingerprint density at radius 1 is 1.42 bits per heavy atom. The third-order valence-corrected chi connectivity index (χ3v) is 2.39. The third-order valence-electron chi connectivity index (χ3n) is 1.81. The van der Waals surface area contributed by atoms with Crippen LogP contribution in [0.5, 0.6) is 5.75 Å². The monoisotopic (exact) mass is 273 g/mol. The smallest absolute Gasteiger partial charge is 0.142 e. The van der Waals surface area contributed by atoms with E-state index in [-0.39, 0.29) is 0 Å². The standard InChI is InChI=1S/C9H8INO/c1-12-7-4-2-3-6-5-8(10)11-9(6)7/h2-5,11H,1H3.